The minimum Gasteiger partial charge on any atom is -0.394 e. The molecule has 1 fully saturated rings. The molecule has 1 saturated carbocycles. The van der Waals surface area contributed by atoms with Gasteiger partial charge in [0.15, 0.2) is 0 Å². The molecular weight excluding hydrogens is 228 g/mol. The number of amides is 1. The maximum Gasteiger partial charge on any atom is 0.234 e. The van der Waals surface area contributed by atoms with Crippen LogP contribution in [0.2, 0.25) is 0 Å². The normalized spacial score (nSPS) is 16.3. The number of hydrogen-bond acceptors (Lipinski definition) is 3. The molecule has 0 radical (unpaired) electrons. The van der Waals surface area contributed by atoms with Crippen LogP contribution in [0.25, 0.3) is 0 Å². The number of rotatable bonds is 7. The van der Waals surface area contributed by atoms with Crippen molar-refractivity contribution in [2.24, 2.45) is 0 Å². The van der Waals surface area contributed by atoms with Crippen LogP contribution >= 0.6 is 0 Å². The van der Waals surface area contributed by atoms with Crippen LogP contribution < -0.4 is 10.6 Å². The second-order valence-corrected chi connectivity index (χ2v) is 4.79. The van der Waals surface area contributed by atoms with Gasteiger partial charge in [0.1, 0.15) is 0 Å². The predicted octanol–water partition coefficient (Wildman–Crippen LogP) is 0.458. The number of aliphatic hydroxyl groups excluding tert-OH is 1. The summed E-state index contributed by atoms with van der Waals surface area (Å²) >= 11 is 0. The Bertz CT molecular complexity index is 377. The molecule has 0 aromatic heterocycles. The summed E-state index contributed by atoms with van der Waals surface area (Å²) in [5, 5.41) is 15.3. The van der Waals surface area contributed by atoms with Gasteiger partial charge in [-0.15, -0.1) is 0 Å². The summed E-state index contributed by atoms with van der Waals surface area (Å²) in [6.45, 7) is 0.306. The fourth-order valence-electron chi connectivity index (χ4n) is 1.86. The molecule has 3 N–H and O–H groups in total. The Labute approximate surface area is 107 Å². The molecule has 1 aromatic rings. The van der Waals surface area contributed by atoms with Crippen LogP contribution in [-0.4, -0.2) is 36.2 Å². The van der Waals surface area contributed by atoms with Gasteiger partial charge in [-0.25, -0.2) is 0 Å². The molecule has 18 heavy (non-hydrogen) atoms. The van der Waals surface area contributed by atoms with Gasteiger partial charge >= 0.3 is 0 Å². The molecule has 2 rings (SSSR count). The van der Waals surface area contributed by atoms with Crippen LogP contribution in [0, 0.1) is 0 Å². The van der Waals surface area contributed by atoms with Gasteiger partial charge in [0.25, 0.3) is 0 Å². The highest BCUT2D eigenvalue weighted by molar-refractivity contribution is 5.78. The molecule has 0 heterocycles. The van der Waals surface area contributed by atoms with Crippen molar-refractivity contribution >= 4 is 5.91 Å². The van der Waals surface area contributed by atoms with Gasteiger partial charge in [-0.2, -0.15) is 0 Å². The van der Waals surface area contributed by atoms with Crippen LogP contribution in [0.3, 0.4) is 0 Å². The van der Waals surface area contributed by atoms with Gasteiger partial charge in [0.05, 0.1) is 19.2 Å². The van der Waals surface area contributed by atoms with Crippen molar-refractivity contribution in [3.8, 4) is 0 Å². The van der Waals surface area contributed by atoms with Crippen molar-refractivity contribution in [1.29, 1.82) is 0 Å². The molecule has 0 aliphatic heterocycles. The summed E-state index contributed by atoms with van der Waals surface area (Å²) in [7, 11) is 0. The highest BCUT2D eigenvalue weighted by Gasteiger charge is 2.21. The van der Waals surface area contributed by atoms with Crippen LogP contribution in [0.4, 0.5) is 0 Å². The van der Waals surface area contributed by atoms with Crippen LogP contribution in [0.15, 0.2) is 30.3 Å². The average Bonchev–Trinajstić information content (AvgIpc) is 3.21. The predicted molar refractivity (Wildman–Crippen MR) is 70.2 cm³/mol. The number of carbonyl (C=O) groups excluding carboxylic acids is 1. The summed E-state index contributed by atoms with van der Waals surface area (Å²) in [6.07, 6.45) is 2.99. The topological polar surface area (TPSA) is 61.4 Å². The summed E-state index contributed by atoms with van der Waals surface area (Å²) in [5.74, 6) is -0.0446. The summed E-state index contributed by atoms with van der Waals surface area (Å²) in [5.41, 5.74) is 1.12. The second-order valence-electron chi connectivity index (χ2n) is 4.79. The van der Waals surface area contributed by atoms with E-state index in [0.717, 1.165) is 5.56 Å². The van der Waals surface area contributed by atoms with Gasteiger partial charge in [-0.1, -0.05) is 30.3 Å². The van der Waals surface area contributed by atoms with Crippen LogP contribution in [-0.2, 0) is 11.2 Å². The van der Waals surface area contributed by atoms with Gasteiger partial charge in [0.2, 0.25) is 5.91 Å². The number of benzene rings is 1. The SMILES string of the molecule is O=C(CNC1CC1)NC(CO)Cc1ccccc1. The zero-order chi connectivity index (χ0) is 12.8. The number of nitrogens with one attached hydrogen (secondary N) is 2. The van der Waals surface area contributed by atoms with Crippen molar-refractivity contribution in [2.75, 3.05) is 13.2 Å². The molecule has 0 spiro atoms. The van der Waals surface area contributed by atoms with E-state index >= 15 is 0 Å². The minimum atomic E-state index is -0.207. The first-order chi connectivity index (χ1) is 8.78. The molecule has 1 unspecified atom stereocenters. The molecule has 0 bridgehead atoms. The molecule has 4 heteroatoms. The summed E-state index contributed by atoms with van der Waals surface area (Å²) < 4.78 is 0. The monoisotopic (exact) mass is 248 g/mol. The quantitative estimate of drug-likeness (QED) is 0.657. The van der Waals surface area contributed by atoms with Crippen molar-refractivity contribution in [1.82, 2.24) is 10.6 Å². The van der Waals surface area contributed by atoms with E-state index in [1.54, 1.807) is 0 Å². The maximum absolute atomic E-state index is 11.7. The average molecular weight is 248 g/mol. The first-order valence-corrected chi connectivity index (χ1v) is 6.45. The van der Waals surface area contributed by atoms with Gasteiger partial charge < -0.3 is 15.7 Å². The smallest absolute Gasteiger partial charge is 0.234 e. The van der Waals surface area contributed by atoms with Crippen molar-refractivity contribution in [3.05, 3.63) is 35.9 Å². The molecule has 1 aliphatic rings. The summed E-state index contributed by atoms with van der Waals surface area (Å²) in [6, 6.07) is 10.2. The fourth-order valence-corrected chi connectivity index (χ4v) is 1.86. The van der Waals surface area contributed by atoms with Gasteiger partial charge in [-0.3, -0.25) is 4.79 Å². The Kier molecular flexibility index (Phi) is 4.73. The Hall–Kier alpha value is -1.39. The Balaban J connectivity index is 1.75. The molecule has 98 valence electrons. The molecule has 0 saturated heterocycles. The molecular formula is C14H20N2O2. The lowest BCUT2D eigenvalue weighted by atomic mass is 10.1. The standard InChI is InChI=1S/C14H20N2O2/c17-10-13(8-11-4-2-1-3-5-11)16-14(18)9-15-12-6-7-12/h1-5,12-13,15,17H,6-10H2,(H,16,18). The molecule has 1 aromatic carbocycles. The Morgan fingerprint density at radius 3 is 2.67 bits per heavy atom. The molecule has 1 amide bonds. The van der Waals surface area contributed by atoms with Crippen molar-refractivity contribution < 1.29 is 9.90 Å². The van der Waals surface area contributed by atoms with Crippen LogP contribution in [0.1, 0.15) is 18.4 Å². The second kappa shape index (κ2) is 6.52. The third-order valence-corrected chi connectivity index (χ3v) is 3.04. The van der Waals surface area contributed by atoms with E-state index in [4.69, 9.17) is 0 Å². The molecule has 1 atom stereocenters. The van der Waals surface area contributed by atoms with E-state index in [1.165, 1.54) is 12.8 Å². The minimum absolute atomic E-state index is 0.0376. The van der Waals surface area contributed by atoms with E-state index in [9.17, 15) is 9.90 Å². The summed E-state index contributed by atoms with van der Waals surface area (Å²) in [4.78, 5) is 11.7. The lowest BCUT2D eigenvalue weighted by Crippen LogP contribution is -2.43. The van der Waals surface area contributed by atoms with E-state index in [0.29, 0.717) is 19.0 Å². The molecule has 1 aliphatic carbocycles. The van der Waals surface area contributed by atoms with E-state index < -0.39 is 0 Å². The maximum atomic E-state index is 11.7. The van der Waals surface area contributed by atoms with Gasteiger partial charge in [-0.05, 0) is 24.8 Å². The van der Waals surface area contributed by atoms with E-state index in [2.05, 4.69) is 10.6 Å². The van der Waals surface area contributed by atoms with Crippen LogP contribution in [0.5, 0.6) is 0 Å². The number of aliphatic hydroxyl groups is 1. The highest BCUT2D eigenvalue weighted by Crippen LogP contribution is 2.17. The van der Waals surface area contributed by atoms with Crippen molar-refractivity contribution in [2.45, 2.75) is 31.3 Å². The first kappa shape index (κ1) is 13.1. The third-order valence-electron chi connectivity index (χ3n) is 3.04. The van der Waals surface area contributed by atoms with E-state index in [1.807, 2.05) is 30.3 Å². The first-order valence-electron chi connectivity index (χ1n) is 6.45. The zero-order valence-electron chi connectivity index (χ0n) is 10.4. The zero-order valence-corrected chi connectivity index (χ0v) is 10.4. The number of hydrogen-bond donors (Lipinski definition) is 3. The Morgan fingerprint density at radius 1 is 1.33 bits per heavy atom. The third kappa shape index (κ3) is 4.47. The van der Waals surface area contributed by atoms with Crippen molar-refractivity contribution in [3.63, 3.8) is 0 Å². The lowest BCUT2D eigenvalue weighted by molar-refractivity contribution is -0.121. The Morgan fingerprint density at radius 2 is 2.06 bits per heavy atom. The molecule has 4 nitrogen and oxygen atoms in total. The lowest BCUT2D eigenvalue weighted by Gasteiger charge is -2.16. The largest absolute Gasteiger partial charge is 0.394 e. The number of carbonyl (C=O) groups is 1. The highest BCUT2D eigenvalue weighted by atomic mass is 16.3. The van der Waals surface area contributed by atoms with E-state index in [-0.39, 0.29) is 18.6 Å². The van der Waals surface area contributed by atoms with Gasteiger partial charge in [0, 0.05) is 6.04 Å². The fraction of sp³-hybridized carbons (Fsp3) is 0.500.